The van der Waals surface area contributed by atoms with Crippen molar-refractivity contribution >= 4 is 5.91 Å². The first-order valence-corrected chi connectivity index (χ1v) is 9.54. The van der Waals surface area contributed by atoms with Crippen molar-refractivity contribution in [2.45, 2.75) is 56.8 Å². The van der Waals surface area contributed by atoms with E-state index in [1.54, 1.807) is 0 Å². The van der Waals surface area contributed by atoms with Crippen LogP contribution >= 0.6 is 0 Å². The topological polar surface area (TPSA) is 64.8 Å². The van der Waals surface area contributed by atoms with Gasteiger partial charge in [0.1, 0.15) is 0 Å². The Morgan fingerprint density at radius 2 is 1.96 bits per heavy atom. The van der Waals surface area contributed by atoms with E-state index in [2.05, 4.69) is 0 Å². The number of ether oxygens (including phenoxy) is 2. The Morgan fingerprint density at radius 3 is 2.64 bits per heavy atom. The minimum atomic E-state index is -0.462. The third kappa shape index (κ3) is 5.53. The summed E-state index contributed by atoms with van der Waals surface area (Å²) in [5, 5.41) is 0. The highest BCUT2D eigenvalue weighted by Gasteiger charge is 2.27. The summed E-state index contributed by atoms with van der Waals surface area (Å²) >= 11 is 0. The first kappa shape index (κ1) is 18.4. The average Bonchev–Trinajstić information content (AvgIpc) is 2.68. The van der Waals surface area contributed by atoms with E-state index in [1.165, 1.54) is 12.8 Å². The molecule has 2 aliphatic rings. The van der Waals surface area contributed by atoms with Crippen LogP contribution < -0.4 is 5.73 Å². The predicted octanol–water partition coefficient (Wildman–Crippen LogP) is 2.13. The van der Waals surface area contributed by atoms with E-state index in [-0.39, 0.29) is 18.1 Å². The molecule has 5 heteroatoms. The van der Waals surface area contributed by atoms with Crippen molar-refractivity contribution in [3.8, 4) is 0 Å². The minimum absolute atomic E-state index is 0.0536. The highest BCUT2D eigenvalue weighted by molar-refractivity contribution is 5.82. The van der Waals surface area contributed by atoms with Crippen LogP contribution in [0.3, 0.4) is 0 Å². The van der Waals surface area contributed by atoms with Gasteiger partial charge in [0.05, 0.1) is 24.9 Å². The quantitative estimate of drug-likeness (QED) is 0.857. The van der Waals surface area contributed by atoms with Crippen molar-refractivity contribution in [1.82, 2.24) is 4.90 Å². The fourth-order valence-electron chi connectivity index (χ4n) is 3.61. The molecule has 1 amide bonds. The molecule has 3 rings (SSSR count). The second kappa shape index (κ2) is 9.32. The van der Waals surface area contributed by atoms with Gasteiger partial charge in [-0.05, 0) is 44.1 Å². The Labute approximate surface area is 150 Å². The maximum Gasteiger partial charge on any atom is 0.239 e. The lowest BCUT2D eigenvalue weighted by atomic mass is 10.0. The molecule has 2 atom stereocenters. The Balaban J connectivity index is 1.38. The van der Waals surface area contributed by atoms with E-state index in [0.29, 0.717) is 13.0 Å². The van der Waals surface area contributed by atoms with Gasteiger partial charge in [-0.2, -0.15) is 0 Å². The number of nitrogens with two attached hydrogens (primary N) is 1. The lowest BCUT2D eigenvalue weighted by molar-refractivity contribution is -0.136. The van der Waals surface area contributed by atoms with E-state index < -0.39 is 6.04 Å². The van der Waals surface area contributed by atoms with Crippen LogP contribution in [0, 0.1) is 0 Å². The number of piperidine rings is 1. The van der Waals surface area contributed by atoms with Gasteiger partial charge >= 0.3 is 0 Å². The molecule has 1 aromatic carbocycles. The van der Waals surface area contributed by atoms with E-state index in [4.69, 9.17) is 15.2 Å². The molecule has 0 spiro atoms. The molecule has 1 aromatic rings. The van der Waals surface area contributed by atoms with Crippen LogP contribution in [-0.2, 0) is 20.7 Å². The van der Waals surface area contributed by atoms with Gasteiger partial charge in [0, 0.05) is 19.7 Å². The molecule has 0 radical (unpaired) electrons. The summed E-state index contributed by atoms with van der Waals surface area (Å²) < 4.78 is 11.7. The largest absolute Gasteiger partial charge is 0.376 e. The molecule has 25 heavy (non-hydrogen) atoms. The zero-order chi connectivity index (χ0) is 17.5. The molecule has 5 nitrogen and oxygen atoms in total. The maximum atomic E-state index is 12.6. The van der Waals surface area contributed by atoms with Crippen LogP contribution in [0.25, 0.3) is 0 Å². The Bertz CT molecular complexity index is 523. The molecule has 2 N–H and O–H groups in total. The summed E-state index contributed by atoms with van der Waals surface area (Å²) in [7, 11) is 0. The van der Waals surface area contributed by atoms with Crippen LogP contribution in [0.4, 0.5) is 0 Å². The summed E-state index contributed by atoms with van der Waals surface area (Å²) in [4.78, 5) is 14.4. The second-order valence-electron chi connectivity index (χ2n) is 7.14. The summed E-state index contributed by atoms with van der Waals surface area (Å²) in [6.07, 6.45) is 6.36. The van der Waals surface area contributed by atoms with E-state index in [9.17, 15) is 4.79 Å². The van der Waals surface area contributed by atoms with Gasteiger partial charge in [-0.3, -0.25) is 4.79 Å². The van der Waals surface area contributed by atoms with Gasteiger partial charge < -0.3 is 20.1 Å². The fraction of sp³-hybridized carbons (Fsp3) is 0.650. The molecule has 0 aromatic heterocycles. The molecule has 0 saturated carbocycles. The van der Waals surface area contributed by atoms with Crippen molar-refractivity contribution < 1.29 is 14.3 Å². The lowest BCUT2D eigenvalue weighted by Gasteiger charge is -2.34. The van der Waals surface area contributed by atoms with Gasteiger partial charge in [0.15, 0.2) is 0 Å². The van der Waals surface area contributed by atoms with Gasteiger partial charge in [0.25, 0.3) is 0 Å². The average molecular weight is 346 g/mol. The van der Waals surface area contributed by atoms with Gasteiger partial charge in [-0.15, -0.1) is 0 Å². The number of likely N-dealkylation sites (tertiary alicyclic amines) is 1. The van der Waals surface area contributed by atoms with Crippen molar-refractivity contribution in [1.29, 1.82) is 0 Å². The molecule has 0 aliphatic carbocycles. The number of rotatable bonds is 6. The van der Waals surface area contributed by atoms with Crippen molar-refractivity contribution in [3.05, 3.63) is 35.9 Å². The minimum Gasteiger partial charge on any atom is -0.376 e. The normalized spacial score (nSPS) is 23.4. The lowest BCUT2D eigenvalue weighted by Crippen LogP contribution is -2.49. The first-order chi connectivity index (χ1) is 12.2. The number of amides is 1. The smallest absolute Gasteiger partial charge is 0.239 e. The monoisotopic (exact) mass is 346 g/mol. The SMILES string of the molecule is NC(Cc1ccccc1)C(=O)N1CCC(OCC2CCCCO2)CC1. The van der Waals surface area contributed by atoms with Crippen LogP contribution in [0.15, 0.2) is 30.3 Å². The highest BCUT2D eigenvalue weighted by atomic mass is 16.5. The number of hydrogen-bond acceptors (Lipinski definition) is 4. The van der Waals surface area contributed by atoms with Crippen molar-refractivity contribution in [2.24, 2.45) is 5.73 Å². The van der Waals surface area contributed by atoms with E-state index in [1.807, 2.05) is 35.2 Å². The molecule has 2 fully saturated rings. The summed E-state index contributed by atoms with van der Waals surface area (Å²) in [6, 6.07) is 9.49. The van der Waals surface area contributed by atoms with Gasteiger partial charge in [-0.25, -0.2) is 0 Å². The predicted molar refractivity (Wildman–Crippen MR) is 97.3 cm³/mol. The van der Waals surface area contributed by atoms with Crippen LogP contribution in [0.5, 0.6) is 0 Å². The summed E-state index contributed by atoms with van der Waals surface area (Å²) in [5.41, 5.74) is 7.24. The molecular formula is C20H30N2O3. The van der Waals surface area contributed by atoms with Crippen molar-refractivity contribution in [3.63, 3.8) is 0 Å². The summed E-state index contributed by atoms with van der Waals surface area (Å²) in [6.45, 7) is 3.02. The van der Waals surface area contributed by atoms with Gasteiger partial charge in [0.2, 0.25) is 5.91 Å². The number of carbonyl (C=O) groups is 1. The molecular weight excluding hydrogens is 316 g/mol. The highest BCUT2D eigenvalue weighted by Crippen LogP contribution is 2.18. The number of carbonyl (C=O) groups excluding carboxylic acids is 1. The van der Waals surface area contributed by atoms with Crippen molar-refractivity contribution in [2.75, 3.05) is 26.3 Å². The molecule has 2 aliphatic heterocycles. The zero-order valence-corrected chi connectivity index (χ0v) is 14.9. The molecule has 0 bridgehead atoms. The second-order valence-corrected chi connectivity index (χ2v) is 7.14. The first-order valence-electron chi connectivity index (χ1n) is 9.54. The third-order valence-electron chi connectivity index (χ3n) is 5.16. The van der Waals surface area contributed by atoms with Crippen LogP contribution in [0.1, 0.15) is 37.7 Å². The molecule has 138 valence electrons. The van der Waals surface area contributed by atoms with Crippen LogP contribution in [0.2, 0.25) is 0 Å². The fourth-order valence-corrected chi connectivity index (χ4v) is 3.61. The van der Waals surface area contributed by atoms with E-state index in [0.717, 1.165) is 44.5 Å². The molecule has 2 saturated heterocycles. The molecule has 2 heterocycles. The number of nitrogens with zero attached hydrogens (tertiary/aromatic N) is 1. The maximum absolute atomic E-state index is 12.6. The number of benzene rings is 1. The Morgan fingerprint density at radius 1 is 1.20 bits per heavy atom. The van der Waals surface area contributed by atoms with Crippen LogP contribution in [-0.4, -0.2) is 55.4 Å². The standard InChI is InChI=1S/C20H30N2O3/c21-19(14-16-6-2-1-3-7-16)20(23)22-11-9-17(10-12-22)25-15-18-8-4-5-13-24-18/h1-3,6-7,17-19H,4-5,8-15,21H2. The zero-order valence-electron chi connectivity index (χ0n) is 14.9. The third-order valence-corrected chi connectivity index (χ3v) is 5.16. The molecule has 2 unspecified atom stereocenters. The van der Waals surface area contributed by atoms with Gasteiger partial charge in [-0.1, -0.05) is 30.3 Å². The number of hydrogen-bond donors (Lipinski definition) is 1. The summed E-state index contributed by atoms with van der Waals surface area (Å²) in [5.74, 6) is 0.0536. The Kier molecular flexibility index (Phi) is 6.84. The van der Waals surface area contributed by atoms with E-state index >= 15 is 0 Å². The Hall–Kier alpha value is -1.43.